The second kappa shape index (κ2) is 44.8. The first-order valence-electron chi connectivity index (χ1n) is 24.6. The van der Waals surface area contributed by atoms with E-state index in [-0.39, 0.29) is 19.4 Å². The molecule has 0 saturated carbocycles. The van der Waals surface area contributed by atoms with Gasteiger partial charge >= 0.3 is 19.8 Å². The van der Waals surface area contributed by atoms with Crippen LogP contribution in [0.5, 0.6) is 0 Å². The summed E-state index contributed by atoms with van der Waals surface area (Å²) in [5.41, 5.74) is 0. The topological polar surface area (TPSA) is 149 Å². The van der Waals surface area contributed by atoms with Crippen LogP contribution >= 0.6 is 7.82 Å². The zero-order chi connectivity index (χ0) is 43.3. The van der Waals surface area contributed by atoms with Gasteiger partial charge in [0.1, 0.15) is 12.7 Å². The zero-order valence-corrected chi connectivity index (χ0v) is 39.1. The van der Waals surface area contributed by atoms with Crippen LogP contribution in [0.3, 0.4) is 0 Å². The highest BCUT2D eigenvalue weighted by molar-refractivity contribution is 7.47. The first kappa shape index (κ1) is 57.7. The molecule has 3 atom stereocenters. The number of phosphoric acid groups is 1. The maximum atomic E-state index is 12.7. The van der Waals surface area contributed by atoms with Crippen molar-refractivity contribution in [1.29, 1.82) is 0 Å². The number of hydrogen-bond acceptors (Lipinski definition) is 9. The smallest absolute Gasteiger partial charge is 0.462 e. The Balaban J connectivity index is 4.17. The van der Waals surface area contributed by atoms with E-state index in [4.69, 9.17) is 23.6 Å². The van der Waals surface area contributed by atoms with Gasteiger partial charge in [-0.05, 0) is 38.5 Å². The first-order chi connectivity index (χ1) is 28.7. The van der Waals surface area contributed by atoms with Crippen LogP contribution in [0.1, 0.15) is 245 Å². The summed E-state index contributed by atoms with van der Waals surface area (Å²) in [7, 11) is -4.62. The van der Waals surface area contributed by atoms with E-state index < -0.39 is 51.8 Å². The monoisotopic (exact) mass is 861 g/mol. The number of rotatable bonds is 47. The van der Waals surface area contributed by atoms with Crippen LogP contribution < -0.4 is 0 Å². The van der Waals surface area contributed by atoms with Gasteiger partial charge in [0.05, 0.1) is 19.8 Å². The predicted octanol–water partition coefficient (Wildman–Crippen LogP) is 13.6. The van der Waals surface area contributed by atoms with Gasteiger partial charge < -0.3 is 24.6 Å². The third-order valence-electron chi connectivity index (χ3n) is 10.9. The van der Waals surface area contributed by atoms with Crippen LogP contribution in [-0.2, 0) is 32.7 Å². The van der Waals surface area contributed by atoms with Crippen LogP contribution in [0.15, 0.2) is 12.2 Å². The fourth-order valence-electron chi connectivity index (χ4n) is 7.11. The maximum Gasteiger partial charge on any atom is 0.472 e. The molecule has 59 heavy (non-hydrogen) atoms. The Morgan fingerprint density at radius 2 is 0.831 bits per heavy atom. The largest absolute Gasteiger partial charge is 0.472 e. The maximum absolute atomic E-state index is 12.7. The Morgan fingerprint density at radius 1 is 0.492 bits per heavy atom. The van der Waals surface area contributed by atoms with E-state index in [0.717, 1.165) is 38.5 Å². The molecule has 0 aromatic rings. The number of carbonyl (C=O) groups is 2. The molecule has 0 fully saturated rings. The molecule has 0 rings (SSSR count). The Kier molecular flexibility index (Phi) is 43.8. The minimum atomic E-state index is -4.62. The van der Waals surface area contributed by atoms with Crippen molar-refractivity contribution in [3.8, 4) is 0 Å². The molecular formula is C48H93O10P. The number of phosphoric ester groups is 1. The van der Waals surface area contributed by atoms with Gasteiger partial charge in [-0.15, -0.1) is 0 Å². The number of hydrogen-bond donors (Lipinski definition) is 3. The number of esters is 2. The molecule has 0 bridgehead atoms. The summed E-state index contributed by atoms with van der Waals surface area (Å²) in [4.78, 5) is 35.1. The highest BCUT2D eigenvalue weighted by atomic mass is 31.2. The third kappa shape index (κ3) is 44.6. The first-order valence-corrected chi connectivity index (χ1v) is 26.1. The molecule has 0 saturated heterocycles. The average molecular weight is 861 g/mol. The molecule has 350 valence electrons. The summed E-state index contributed by atoms with van der Waals surface area (Å²) in [6.07, 6.45) is 44.6. The Morgan fingerprint density at radius 3 is 1.22 bits per heavy atom. The number of carbonyl (C=O) groups excluding carboxylic acids is 2. The molecule has 0 aromatic heterocycles. The molecule has 11 heteroatoms. The third-order valence-corrected chi connectivity index (χ3v) is 11.9. The molecule has 0 radical (unpaired) electrons. The summed E-state index contributed by atoms with van der Waals surface area (Å²) in [5, 5.41) is 18.4. The van der Waals surface area contributed by atoms with Crippen molar-refractivity contribution < 1.29 is 47.8 Å². The molecule has 0 aliphatic heterocycles. The Bertz CT molecular complexity index is 993. The number of allylic oxidation sites excluding steroid dienone is 2. The van der Waals surface area contributed by atoms with E-state index in [2.05, 4.69) is 26.0 Å². The van der Waals surface area contributed by atoms with Gasteiger partial charge in [-0.25, -0.2) is 4.57 Å². The molecule has 0 heterocycles. The van der Waals surface area contributed by atoms with Crippen molar-refractivity contribution >= 4 is 19.8 Å². The standard InChI is InChI=1S/C48H93O10P/c1-3-5-7-9-11-13-15-17-19-20-21-22-23-24-26-28-30-32-34-36-38-40-48(52)58-46(44-57-59(53,54)56-42-45(50)41-49)43-55-47(51)39-37-35-33-31-29-27-25-18-16-14-12-10-8-6-4-2/h20-21,45-46,49-50H,3-19,22-44H2,1-2H3,(H,53,54)/b21-20-. The summed E-state index contributed by atoms with van der Waals surface area (Å²) in [6.45, 7) is 2.43. The van der Waals surface area contributed by atoms with Crippen molar-refractivity contribution in [3.63, 3.8) is 0 Å². The lowest BCUT2D eigenvalue weighted by Crippen LogP contribution is -2.29. The molecule has 0 aliphatic carbocycles. The molecular weight excluding hydrogens is 767 g/mol. The average Bonchev–Trinajstić information content (AvgIpc) is 3.22. The second-order valence-electron chi connectivity index (χ2n) is 16.8. The lowest BCUT2D eigenvalue weighted by atomic mass is 10.0. The SMILES string of the molecule is CCCCCCCCCC/C=C\CCCCCCCCCCCC(=O)OC(COC(=O)CCCCCCCCCCCCCCCCC)COP(=O)(O)OCC(O)CO. The quantitative estimate of drug-likeness (QED) is 0.0234. The van der Waals surface area contributed by atoms with Crippen LogP contribution in [-0.4, -0.2) is 65.7 Å². The van der Waals surface area contributed by atoms with Crippen molar-refractivity contribution in [2.75, 3.05) is 26.4 Å². The summed E-state index contributed by atoms with van der Waals surface area (Å²) in [5.74, 6) is -0.912. The fourth-order valence-corrected chi connectivity index (χ4v) is 7.90. The minimum absolute atomic E-state index is 0.187. The molecule has 0 aromatic carbocycles. The van der Waals surface area contributed by atoms with Crippen molar-refractivity contribution in [2.24, 2.45) is 0 Å². The minimum Gasteiger partial charge on any atom is -0.462 e. The molecule has 0 spiro atoms. The molecule has 10 nitrogen and oxygen atoms in total. The van der Waals surface area contributed by atoms with Crippen LogP contribution in [0, 0.1) is 0 Å². The van der Waals surface area contributed by atoms with Gasteiger partial charge in [0.2, 0.25) is 0 Å². The normalized spacial score (nSPS) is 13.8. The van der Waals surface area contributed by atoms with E-state index in [1.807, 2.05) is 0 Å². The summed E-state index contributed by atoms with van der Waals surface area (Å²) in [6, 6.07) is 0. The lowest BCUT2D eigenvalue weighted by Gasteiger charge is -2.20. The summed E-state index contributed by atoms with van der Waals surface area (Å²) < 4.78 is 32.8. The highest BCUT2D eigenvalue weighted by Crippen LogP contribution is 2.43. The van der Waals surface area contributed by atoms with Gasteiger partial charge in [-0.2, -0.15) is 0 Å². The Hall–Kier alpha value is -1.29. The summed E-state index contributed by atoms with van der Waals surface area (Å²) >= 11 is 0. The van der Waals surface area contributed by atoms with Gasteiger partial charge in [0, 0.05) is 12.8 Å². The van der Waals surface area contributed by atoms with Crippen LogP contribution in [0.2, 0.25) is 0 Å². The number of ether oxygens (including phenoxy) is 2. The van der Waals surface area contributed by atoms with E-state index in [0.29, 0.717) is 12.8 Å². The molecule has 0 amide bonds. The van der Waals surface area contributed by atoms with E-state index >= 15 is 0 Å². The van der Waals surface area contributed by atoms with Crippen LogP contribution in [0.4, 0.5) is 0 Å². The lowest BCUT2D eigenvalue weighted by molar-refractivity contribution is -0.161. The Labute approximate surface area is 362 Å². The molecule has 3 N–H and O–H groups in total. The van der Waals surface area contributed by atoms with Gasteiger partial charge in [0.15, 0.2) is 6.10 Å². The zero-order valence-electron chi connectivity index (χ0n) is 38.2. The van der Waals surface area contributed by atoms with E-state index in [9.17, 15) is 24.2 Å². The van der Waals surface area contributed by atoms with Gasteiger partial charge in [-0.1, -0.05) is 206 Å². The van der Waals surface area contributed by atoms with Crippen molar-refractivity contribution in [3.05, 3.63) is 12.2 Å². The van der Waals surface area contributed by atoms with Crippen molar-refractivity contribution in [2.45, 2.75) is 257 Å². The highest BCUT2D eigenvalue weighted by Gasteiger charge is 2.27. The number of aliphatic hydroxyl groups excluding tert-OH is 2. The van der Waals surface area contributed by atoms with Crippen molar-refractivity contribution in [1.82, 2.24) is 0 Å². The molecule has 0 aliphatic rings. The van der Waals surface area contributed by atoms with E-state index in [1.165, 1.54) is 167 Å². The second-order valence-corrected chi connectivity index (χ2v) is 18.3. The van der Waals surface area contributed by atoms with Gasteiger partial charge in [0.25, 0.3) is 0 Å². The number of aliphatic hydroxyl groups is 2. The van der Waals surface area contributed by atoms with Crippen LogP contribution in [0.25, 0.3) is 0 Å². The molecule has 3 unspecified atom stereocenters. The predicted molar refractivity (Wildman–Crippen MR) is 242 cm³/mol. The van der Waals surface area contributed by atoms with E-state index in [1.54, 1.807) is 0 Å². The van der Waals surface area contributed by atoms with Gasteiger partial charge in [-0.3, -0.25) is 18.6 Å². The fraction of sp³-hybridized carbons (Fsp3) is 0.917. The number of unbranched alkanes of at least 4 members (excludes halogenated alkanes) is 31.